The van der Waals surface area contributed by atoms with Crippen LogP contribution < -0.4 is 5.32 Å². The Bertz CT molecular complexity index is 1310. The summed E-state index contributed by atoms with van der Waals surface area (Å²) in [5, 5.41) is 2.94. The van der Waals surface area contributed by atoms with E-state index < -0.39 is 0 Å². The number of amides is 1. The molecule has 1 heterocycles. The first kappa shape index (κ1) is 21.2. The fourth-order valence-electron chi connectivity index (χ4n) is 3.42. The first-order chi connectivity index (χ1) is 15.4. The predicted octanol–water partition coefficient (Wildman–Crippen LogP) is 6.14. The van der Waals surface area contributed by atoms with Crippen molar-refractivity contribution in [1.29, 1.82) is 0 Å². The molecule has 0 saturated heterocycles. The fourth-order valence-corrected chi connectivity index (χ4v) is 3.42. The highest BCUT2D eigenvalue weighted by molar-refractivity contribution is 6.06. The van der Waals surface area contributed by atoms with Crippen LogP contribution >= 0.6 is 0 Å². The molecule has 0 aliphatic rings. The van der Waals surface area contributed by atoms with Crippen molar-refractivity contribution in [2.24, 2.45) is 0 Å². The van der Waals surface area contributed by atoms with Crippen molar-refractivity contribution in [2.75, 3.05) is 5.32 Å². The average Bonchev–Trinajstić information content (AvgIpc) is 3.21. The van der Waals surface area contributed by atoms with Gasteiger partial charge in [0.2, 0.25) is 5.78 Å². The minimum Gasteiger partial charge on any atom is -0.335 e. The van der Waals surface area contributed by atoms with Gasteiger partial charge in [0.05, 0.1) is 11.0 Å². The van der Waals surface area contributed by atoms with Gasteiger partial charge < -0.3 is 10.3 Å². The molecule has 0 atom stereocenters. The molecule has 1 aromatic heterocycles. The van der Waals surface area contributed by atoms with E-state index in [4.69, 9.17) is 0 Å². The van der Waals surface area contributed by atoms with Crippen LogP contribution in [-0.2, 0) is 0 Å². The number of benzene rings is 3. The Kier molecular flexibility index (Phi) is 5.99. The third-order valence-corrected chi connectivity index (χ3v) is 5.28. The third-order valence-electron chi connectivity index (χ3n) is 5.28. The second-order valence-electron chi connectivity index (χ2n) is 8.16. The summed E-state index contributed by atoms with van der Waals surface area (Å²) in [6.45, 7) is 6.23. The largest absolute Gasteiger partial charge is 0.335 e. The molecule has 4 rings (SSSR count). The number of nitrogens with zero attached hydrogens (tertiary/aromatic N) is 1. The molecule has 0 spiro atoms. The lowest BCUT2D eigenvalue weighted by Gasteiger charge is -2.09. The topological polar surface area (TPSA) is 74.8 Å². The number of aromatic nitrogens is 2. The van der Waals surface area contributed by atoms with E-state index in [1.54, 1.807) is 18.2 Å². The molecule has 5 heteroatoms. The van der Waals surface area contributed by atoms with Crippen LogP contribution in [0.1, 0.15) is 57.4 Å². The van der Waals surface area contributed by atoms with Crippen molar-refractivity contribution in [1.82, 2.24) is 9.97 Å². The van der Waals surface area contributed by atoms with Crippen LogP contribution in [0.2, 0.25) is 0 Å². The number of carbonyl (C=O) groups excluding carboxylic acids is 2. The first-order valence-corrected chi connectivity index (χ1v) is 10.6. The van der Waals surface area contributed by atoms with Crippen LogP contribution in [0.25, 0.3) is 17.1 Å². The number of allylic oxidation sites excluding steroid dienone is 1. The first-order valence-electron chi connectivity index (χ1n) is 10.6. The summed E-state index contributed by atoms with van der Waals surface area (Å²) >= 11 is 0. The highest BCUT2D eigenvalue weighted by Gasteiger charge is 2.10. The summed E-state index contributed by atoms with van der Waals surface area (Å²) in [5.74, 6) is 0.326. The van der Waals surface area contributed by atoms with E-state index in [-0.39, 0.29) is 11.7 Å². The molecule has 0 fully saturated rings. The number of aromatic amines is 1. The van der Waals surface area contributed by atoms with Gasteiger partial charge in [0.25, 0.3) is 5.91 Å². The lowest BCUT2D eigenvalue weighted by Crippen LogP contribution is -2.12. The number of anilines is 1. The van der Waals surface area contributed by atoms with Gasteiger partial charge in [0, 0.05) is 11.3 Å². The summed E-state index contributed by atoms with van der Waals surface area (Å²) in [5.41, 5.74) is 6.04. The number of fused-ring (bicyclic) bond motifs is 1. The SMILES string of the molecule is Cc1ccc2nc(C(=O)C=Cc3ccc(C(=O)Nc4cccc(C(C)C)c4)cc3)[nH]c2c1. The number of H-pyrrole nitrogens is 1. The van der Waals surface area contributed by atoms with E-state index in [1.807, 2.05) is 55.5 Å². The maximum atomic E-state index is 12.6. The van der Waals surface area contributed by atoms with Crippen LogP contribution in [0.5, 0.6) is 0 Å². The maximum Gasteiger partial charge on any atom is 0.255 e. The zero-order valence-electron chi connectivity index (χ0n) is 18.3. The third kappa shape index (κ3) is 4.83. The Balaban J connectivity index is 1.42. The van der Waals surface area contributed by atoms with E-state index in [9.17, 15) is 9.59 Å². The summed E-state index contributed by atoms with van der Waals surface area (Å²) in [6.07, 6.45) is 3.20. The van der Waals surface area contributed by atoms with Crippen LogP contribution in [0.4, 0.5) is 5.69 Å². The van der Waals surface area contributed by atoms with Crippen molar-refractivity contribution in [3.05, 3.63) is 101 Å². The number of hydrogen-bond donors (Lipinski definition) is 2. The number of nitrogens with one attached hydrogen (secondary N) is 2. The molecule has 0 aliphatic heterocycles. The summed E-state index contributed by atoms with van der Waals surface area (Å²) < 4.78 is 0. The van der Waals surface area contributed by atoms with Crippen molar-refractivity contribution in [2.45, 2.75) is 26.7 Å². The average molecular weight is 424 g/mol. The fraction of sp³-hybridized carbons (Fsp3) is 0.148. The summed E-state index contributed by atoms with van der Waals surface area (Å²) in [7, 11) is 0. The monoisotopic (exact) mass is 423 g/mol. The Hall–Kier alpha value is -3.99. The highest BCUT2D eigenvalue weighted by atomic mass is 16.1. The van der Waals surface area contributed by atoms with Gasteiger partial charge in [0.15, 0.2) is 5.82 Å². The molecule has 0 unspecified atom stereocenters. The number of carbonyl (C=O) groups is 2. The van der Waals surface area contributed by atoms with Gasteiger partial charge in [-0.3, -0.25) is 9.59 Å². The zero-order valence-corrected chi connectivity index (χ0v) is 18.3. The van der Waals surface area contributed by atoms with Gasteiger partial charge in [0.1, 0.15) is 0 Å². The minimum absolute atomic E-state index is 0.171. The number of rotatable bonds is 6. The molecule has 0 saturated carbocycles. The van der Waals surface area contributed by atoms with E-state index >= 15 is 0 Å². The normalized spacial score (nSPS) is 11.4. The van der Waals surface area contributed by atoms with Crippen LogP contribution in [0.15, 0.2) is 72.8 Å². The quantitative estimate of drug-likeness (QED) is 0.289. The summed E-state index contributed by atoms with van der Waals surface area (Å²) in [4.78, 5) is 32.5. The maximum absolute atomic E-state index is 12.6. The van der Waals surface area contributed by atoms with Gasteiger partial charge in [-0.15, -0.1) is 0 Å². The van der Waals surface area contributed by atoms with Crippen LogP contribution in [0.3, 0.4) is 0 Å². The van der Waals surface area contributed by atoms with Gasteiger partial charge >= 0.3 is 0 Å². The smallest absolute Gasteiger partial charge is 0.255 e. The molecule has 0 aliphatic carbocycles. The van der Waals surface area contributed by atoms with E-state index in [0.29, 0.717) is 17.3 Å². The molecule has 5 nitrogen and oxygen atoms in total. The predicted molar refractivity (Wildman–Crippen MR) is 129 cm³/mol. The van der Waals surface area contributed by atoms with Gasteiger partial charge in [-0.1, -0.05) is 50.3 Å². The molecule has 160 valence electrons. The molecule has 3 aromatic carbocycles. The Morgan fingerprint density at radius 2 is 1.78 bits per heavy atom. The van der Waals surface area contributed by atoms with Crippen molar-refractivity contribution in [3.63, 3.8) is 0 Å². The zero-order chi connectivity index (χ0) is 22.7. The second kappa shape index (κ2) is 9.02. The molecule has 0 bridgehead atoms. The van der Waals surface area contributed by atoms with E-state index in [2.05, 4.69) is 35.2 Å². The molecule has 32 heavy (non-hydrogen) atoms. The minimum atomic E-state index is -0.203. The Labute approximate surface area is 187 Å². The molecular weight excluding hydrogens is 398 g/mol. The Morgan fingerprint density at radius 1 is 1.00 bits per heavy atom. The van der Waals surface area contributed by atoms with Crippen molar-refractivity contribution < 1.29 is 9.59 Å². The van der Waals surface area contributed by atoms with Gasteiger partial charge in [-0.2, -0.15) is 0 Å². The van der Waals surface area contributed by atoms with Crippen LogP contribution in [0, 0.1) is 6.92 Å². The van der Waals surface area contributed by atoms with Gasteiger partial charge in [-0.25, -0.2) is 4.98 Å². The second-order valence-corrected chi connectivity index (χ2v) is 8.16. The van der Waals surface area contributed by atoms with Crippen LogP contribution in [-0.4, -0.2) is 21.7 Å². The number of ketones is 1. The lowest BCUT2D eigenvalue weighted by atomic mass is 10.0. The van der Waals surface area contributed by atoms with E-state index in [0.717, 1.165) is 27.8 Å². The molecule has 0 radical (unpaired) electrons. The number of imidazole rings is 1. The molecular formula is C27H25N3O2. The summed E-state index contributed by atoms with van der Waals surface area (Å²) in [6, 6.07) is 20.8. The lowest BCUT2D eigenvalue weighted by molar-refractivity contribution is 0.102. The van der Waals surface area contributed by atoms with Crippen molar-refractivity contribution >= 4 is 34.5 Å². The highest BCUT2D eigenvalue weighted by Crippen LogP contribution is 2.19. The van der Waals surface area contributed by atoms with E-state index in [1.165, 1.54) is 11.6 Å². The number of hydrogen-bond acceptors (Lipinski definition) is 3. The van der Waals surface area contributed by atoms with Gasteiger partial charge in [-0.05, 0) is 72.0 Å². The molecule has 4 aromatic rings. The molecule has 1 amide bonds. The standard InChI is InChI=1S/C27H25N3O2/c1-17(2)21-5-4-6-22(16-21)28-27(32)20-11-8-19(9-12-20)10-14-25(31)26-29-23-13-7-18(3)15-24(23)30-26/h4-17H,1-3H3,(H,28,32)(H,29,30). The molecule has 2 N–H and O–H groups in total. The number of aryl methyl sites for hydroxylation is 1. The Morgan fingerprint density at radius 3 is 2.53 bits per heavy atom. The van der Waals surface area contributed by atoms with Crippen molar-refractivity contribution in [3.8, 4) is 0 Å².